The van der Waals surface area contributed by atoms with E-state index in [2.05, 4.69) is 71.0 Å². The molecule has 6 nitrogen and oxygen atoms in total. The van der Waals surface area contributed by atoms with Gasteiger partial charge >= 0.3 is 0 Å². The van der Waals surface area contributed by atoms with Crippen molar-refractivity contribution >= 4 is 32.7 Å². The minimum Gasteiger partial charge on any atom is -0.493 e. The Morgan fingerprint density at radius 2 is 1.79 bits per heavy atom. The van der Waals surface area contributed by atoms with Crippen molar-refractivity contribution in [3.05, 3.63) is 52.3 Å². The van der Waals surface area contributed by atoms with E-state index >= 15 is 0 Å². The molecule has 3 aromatic rings. The van der Waals surface area contributed by atoms with Crippen LogP contribution in [0.2, 0.25) is 0 Å². The normalized spacial score (nSPS) is 12.1. The van der Waals surface area contributed by atoms with Gasteiger partial charge < -0.3 is 20.5 Å². The fourth-order valence-electron chi connectivity index (χ4n) is 4.18. The van der Waals surface area contributed by atoms with Crippen molar-refractivity contribution < 1.29 is 9.47 Å². The van der Waals surface area contributed by atoms with Gasteiger partial charge in [-0.2, -0.15) is 0 Å². The van der Waals surface area contributed by atoms with E-state index in [1.54, 1.807) is 7.11 Å². The van der Waals surface area contributed by atoms with Crippen LogP contribution in [0, 0.1) is 17.8 Å². The molecule has 0 fully saturated rings. The number of aryl methyl sites for hydroxylation is 1. The fraction of sp³-hybridized carbons (Fsp3) is 0.462. The highest BCUT2D eigenvalue weighted by atomic mass is 79.9. The second-order valence-corrected chi connectivity index (χ2v) is 11.0. The summed E-state index contributed by atoms with van der Waals surface area (Å²) in [5.41, 5.74) is 7.93. The Morgan fingerprint density at radius 1 is 1.03 bits per heavy atom. The molecule has 0 aliphatic heterocycles. The minimum absolute atomic E-state index is 0.0406. The maximum Gasteiger partial charge on any atom is 0.163 e. The molecule has 0 saturated heterocycles. The Bertz CT molecular complexity index is 1110. The molecule has 2 aromatic carbocycles. The van der Waals surface area contributed by atoms with Gasteiger partial charge in [0.2, 0.25) is 0 Å². The van der Waals surface area contributed by atoms with E-state index in [9.17, 15) is 0 Å². The monoisotopic (exact) mass is 514 g/mol. The van der Waals surface area contributed by atoms with Gasteiger partial charge in [0, 0.05) is 22.5 Å². The molecule has 0 aliphatic rings. The van der Waals surface area contributed by atoms with E-state index in [4.69, 9.17) is 15.2 Å². The molecule has 33 heavy (non-hydrogen) atoms. The van der Waals surface area contributed by atoms with E-state index in [1.807, 2.05) is 31.2 Å². The van der Waals surface area contributed by atoms with Crippen molar-refractivity contribution in [3.8, 4) is 11.5 Å². The first-order valence-corrected chi connectivity index (χ1v) is 12.0. The lowest BCUT2D eigenvalue weighted by Gasteiger charge is -2.34. The molecule has 0 amide bonds. The van der Waals surface area contributed by atoms with Gasteiger partial charge in [0.25, 0.3) is 0 Å². The highest BCUT2D eigenvalue weighted by Crippen LogP contribution is 2.37. The lowest BCUT2D eigenvalue weighted by Crippen LogP contribution is -2.33. The first-order valence-electron chi connectivity index (χ1n) is 11.2. The van der Waals surface area contributed by atoms with Gasteiger partial charge in [0.05, 0.1) is 19.2 Å². The highest BCUT2D eigenvalue weighted by molar-refractivity contribution is 9.10. The van der Waals surface area contributed by atoms with Crippen molar-refractivity contribution in [3.63, 3.8) is 0 Å². The average Bonchev–Trinajstić information content (AvgIpc) is 2.74. The van der Waals surface area contributed by atoms with E-state index in [0.717, 1.165) is 33.2 Å². The van der Waals surface area contributed by atoms with E-state index in [-0.39, 0.29) is 10.8 Å². The number of nitrogens with one attached hydrogen (secondary N) is 1. The molecule has 0 aliphatic carbocycles. The smallest absolute Gasteiger partial charge is 0.163 e. The van der Waals surface area contributed by atoms with Crippen LogP contribution in [0.4, 0.5) is 5.82 Å². The number of hydrogen-bond donors (Lipinski definition) is 2. The van der Waals surface area contributed by atoms with Crippen molar-refractivity contribution in [1.29, 1.82) is 0 Å². The summed E-state index contributed by atoms with van der Waals surface area (Å²) in [5, 5.41) is 4.34. The molecule has 3 rings (SSSR count). The average molecular weight is 515 g/mol. The van der Waals surface area contributed by atoms with Crippen LogP contribution in [0.1, 0.15) is 45.5 Å². The molecule has 0 unspecified atom stereocenters. The number of aromatic nitrogens is 2. The third kappa shape index (κ3) is 6.81. The molecule has 0 spiro atoms. The molecular formula is C26H35BrN4O2. The third-order valence-corrected chi connectivity index (χ3v) is 6.06. The van der Waals surface area contributed by atoms with Crippen LogP contribution in [-0.2, 0) is 6.54 Å². The van der Waals surface area contributed by atoms with Crippen LogP contribution in [-0.4, -0.2) is 30.2 Å². The second kappa shape index (κ2) is 10.3. The summed E-state index contributed by atoms with van der Waals surface area (Å²) >= 11 is 3.53. The van der Waals surface area contributed by atoms with E-state index in [1.165, 1.54) is 0 Å². The molecule has 178 valence electrons. The van der Waals surface area contributed by atoms with Gasteiger partial charge in [0.1, 0.15) is 11.6 Å². The zero-order chi connectivity index (χ0) is 24.2. The topological polar surface area (TPSA) is 82.3 Å². The van der Waals surface area contributed by atoms with Crippen molar-refractivity contribution in [1.82, 2.24) is 9.97 Å². The quantitative estimate of drug-likeness (QED) is 0.340. The number of ether oxygens (including phenoxy) is 2. The maximum atomic E-state index is 6.26. The number of fused-ring (bicyclic) bond motifs is 1. The number of nitrogens with two attached hydrogens (primary N) is 1. The summed E-state index contributed by atoms with van der Waals surface area (Å²) < 4.78 is 13.0. The minimum atomic E-state index is -0.0406. The summed E-state index contributed by atoms with van der Waals surface area (Å²) in [4.78, 5) is 9.28. The molecule has 7 heteroatoms. The molecule has 0 saturated carbocycles. The van der Waals surface area contributed by atoms with Crippen LogP contribution >= 0.6 is 15.9 Å². The second-order valence-electron chi connectivity index (χ2n) is 10.1. The summed E-state index contributed by atoms with van der Waals surface area (Å²) in [7, 11) is 1.65. The number of methoxy groups -OCH3 is 1. The summed E-state index contributed by atoms with van der Waals surface area (Å²) in [5.74, 6) is 2.81. The molecule has 0 bridgehead atoms. The van der Waals surface area contributed by atoms with E-state index < -0.39 is 0 Å². The first-order chi connectivity index (χ1) is 15.5. The summed E-state index contributed by atoms with van der Waals surface area (Å²) in [6, 6.07) is 12.1. The van der Waals surface area contributed by atoms with Gasteiger partial charge in [-0.3, -0.25) is 0 Å². The maximum absolute atomic E-state index is 6.26. The third-order valence-electron chi connectivity index (χ3n) is 5.57. The Kier molecular flexibility index (Phi) is 7.85. The van der Waals surface area contributed by atoms with E-state index in [0.29, 0.717) is 37.0 Å². The molecule has 3 N–H and O–H groups in total. The van der Waals surface area contributed by atoms with Gasteiger partial charge in [-0.05, 0) is 54.5 Å². The Balaban J connectivity index is 1.86. The molecule has 0 atom stereocenters. The highest BCUT2D eigenvalue weighted by Gasteiger charge is 2.29. The molecule has 1 aromatic heterocycles. The predicted octanol–water partition coefficient (Wildman–Crippen LogP) is 6.10. The lowest BCUT2D eigenvalue weighted by molar-refractivity contribution is 0.118. The number of anilines is 1. The van der Waals surface area contributed by atoms with Gasteiger partial charge in [-0.25, -0.2) is 9.97 Å². The van der Waals surface area contributed by atoms with Crippen LogP contribution in [0.3, 0.4) is 0 Å². The standard InChI is InChI=1S/C26H35BrN4O2/c1-17-30-21-12-23(33-16-26(4,5)14-25(2,3)15-28)22(32-6)11-20(21)24(31-17)29-13-18-8-7-9-19(27)10-18/h7-12H,13-16,28H2,1-6H3,(H,29,30,31). The largest absolute Gasteiger partial charge is 0.493 e. The summed E-state index contributed by atoms with van der Waals surface area (Å²) in [6.45, 7) is 12.5. The Hall–Kier alpha value is -2.38. The number of nitrogens with zero attached hydrogens (tertiary/aromatic N) is 2. The van der Waals surface area contributed by atoms with Crippen molar-refractivity contribution in [2.45, 2.75) is 47.6 Å². The molecule has 0 radical (unpaired) electrons. The Labute approximate surface area is 205 Å². The number of hydrogen-bond acceptors (Lipinski definition) is 6. The Morgan fingerprint density at radius 3 is 2.45 bits per heavy atom. The lowest BCUT2D eigenvalue weighted by atomic mass is 9.75. The number of benzene rings is 2. The van der Waals surface area contributed by atoms with Gasteiger partial charge in [0.15, 0.2) is 11.5 Å². The summed E-state index contributed by atoms with van der Waals surface area (Å²) in [6.07, 6.45) is 0.956. The zero-order valence-corrected chi connectivity index (χ0v) is 22.0. The van der Waals surface area contributed by atoms with Crippen LogP contribution in [0.5, 0.6) is 11.5 Å². The van der Waals surface area contributed by atoms with Gasteiger partial charge in [-0.15, -0.1) is 0 Å². The molecule has 1 heterocycles. The zero-order valence-electron chi connectivity index (χ0n) is 20.5. The SMILES string of the molecule is COc1cc2c(NCc3cccc(Br)c3)nc(C)nc2cc1OCC(C)(C)CC(C)(C)CN. The number of rotatable bonds is 10. The first kappa shape index (κ1) is 25.2. The van der Waals surface area contributed by atoms with Crippen molar-refractivity contribution in [2.24, 2.45) is 16.6 Å². The van der Waals surface area contributed by atoms with Crippen LogP contribution in [0.15, 0.2) is 40.9 Å². The van der Waals surface area contributed by atoms with Crippen molar-refractivity contribution in [2.75, 3.05) is 25.6 Å². The predicted molar refractivity (Wildman–Crippen MR) is 139 cm³/mol. The fourth-order valence-corrected chi connectivity index (χ4v) is 4.63. The number of halogens is 1. The van der Waals surface area contributed by atoms with Gasteiger partial charge in [-0.1, -0.05) is 55.8 Å². The van der Waals surface area contributed by atoms with Crippen LogP contribution in [0.25, 0.3) is 10.9 Å². The molecular weight excluding hydrogens is 480 g/mol. The van der Waals surface area contributed by atoms with Crippen LogP contribution < -0.4 is 20.5 Å².